The lowest BCUT2D eigenvalue weighted by molar-refractivity contribution is -0.138. The van der Waals surface area contributed by atoms with Crippen molar-refractivity contribution in [3.8, 4) is 16.9 Å². The highest BCUT2D eigenvalue weighted by Crippen LogP contribution is 2.38. The number of carboxylic acid groups (broad SMARTS) is 1. The molecule has 0 saturated heterocycles. The summed E-state index contributed by atoms with van der Waals surface area (Å²) in [5.74, 6) is -0.311. The van der Waals surface area contributed by atoms with Crippen LogP contribution < -0.4 is 4.74 Å². The number of carbonyl (C=O) groups excluding carboxylic acids is 1. The van der Waals surface area contributed by atoms with Crippen molar-refractivity contribution in [1.29, 1.82) is 0 Å². The van der Waals surface area contributed by atoms with E-state index < -0.39 is 12.1 Å². The molecule has 0 atom stereocenters. The summed E-state index contributed by atoms with van der Waals surface area (Å²) in [5.41, 5.74) is 3.35. The van der Waals surface area contributed by atoms with E-state index in [4.69, 9.17) is 19.4 Å². The molecule has 0 aromatic heterocycles. The van der Waals surface area contributed by atoms with Gasteiger partial charge in [-0.1, -0.05) is 32.0 Å². The van der Waals surface area contributed by atoms with Crippen LogP contribution in [0.1, 0.15) is 43.9 Å². The maximum absolute atomic E-state index is 14.6. The van der Waals surface area contributed by atoms with Crippen LogP contribution in [0.3, 0.4) is 0 Å². The zero-order valence-corrected chi connectivity index (χ0v) is 19.2. The number of benzene rings is 2. The third-order valence-electron chi connectivity index (χ3n) is 5.43. The average molecular weight is 460 g/mol. The van der Waals surface area contributed by atoms with Gasteiger partial charge in [0, 0.05) is 12.1 Å². The lowest BCUT2D eigenvalue weighted by Gasteiger charge is -2.29. The summed E-state index contributed by atoms with van der Waals surface area (Å²) in [7, 11) is 0. The van der Waals surface area contributed by atoms with Gasteiger partial charge in [-0.15, -0.1) is 5.06 Å². The highest BCUT2D eigenvalue weighted by Gasteiger charge is 2.26. The number of hydrogen-bond donors (Lipinski definition) is 1. The maximum Gasteiger partial charge on any atom is 0.527 e. The molecule has 2 aromatic rings. The molecule has 1 aliphatic rings. The Morgan fingerprint density at radius 3 is 2.61 bits per heavy atom. The second-order valence-corrected chi connectivity index (χ2v) is 8.37. The standard InChI is InChI=1S/C25H30FNO6/c1-4-31-23-13-17(14-24(28)29)5-6-20(23)18-7-8-22(26)19-9-11-27(15-21(18)19)33-25(30)32-12-10-16(2)3/h5-8,13,16H,4,9-12,14-15H2,1-3H3,(H,28,29). The van der Waals surface area contributed by atoms with Gasteiger partial charge in [-0.3, -0.25) is 4.79 Å². The molecule has 0 radical (unpaired) electrons. The fraction of sp³-hybridized carbons (Fsp3) is 0.440. The van der Waals surface area contributed by atoms with E-state index in [-0.39, 0.29) is 25.4 Å². The number of nitrogens with zero attached hydrogens (tertiary/aromatic N) is 1. The molecule has 8 heteroatoms. The summed E-state index contributed by atoms with van der Waals surface area (Å²) in [6, 6.07) is 8.31. The summed E-state index contributed by atoms with van der Waals surface area (Å²) in [6.07, 6.45) is 0.216. The molecule has 0 bridgehead atoms. The molecule has 33 heavy (non-hydrogen) atoms. The van der Waals surface area contributed by atoms with E-state index in [1.807, 2.05) is 20.8 Å². The van der Waals surface area contributed by atoms with Crippen molar-refractivity contribution in [2.45, 2.75) is 46.6 Å². The average Bonchev–Trinajstić information content (AvgIpc) is 2.74. The topological polar surface area (TPSA) is 85.3 Å². The van der Waals surface area contributed by atoms with Gasteiger partial charge in [0.1, 0.15) is 11.6 Å². The second kappa shape index (κ2) is 11.1. The largest absolute Gasteiger partial charge is 0.527 e. The fourth-order valence-electron chi connectivity index (χ4n) is 3.80. The molecule has 0 amide bonds. The fourth-order valence-corrected chi connectivity index (χ4v) is 3.80. The molecule has 3 rings (SSSR count). The predicted octanol–water partition coefficient (Wildman–Crippen LogP) is 4.99. The summed E-state index contributed by atoms with van der Waals surface area (Å²) in [4.78, 5) is 28.5. The number of carbonyl (C=O) groups is 2. The smallest absolute Gasteiger partial charge is 0.493 e. The van der Waals surface area contributed by atoms with E-state index in [1.165, 1.54) is 11.1 Å². The summed E-state index contributed by atoms with van der Waals surface area (Å²) in [5, 5.41) is 10.6. The molecule has 1 heterocycles. The van der Waals surface area contributed by atoms with Crippen molar-refractivity contribution in [3.63, 3.8) is 0 Å². The number of rotatable bonds is 9. The van der Waals surface area contributed by atoms with Crippen molar-refractivity contribution >= 4 is 12.1 Å². The lowest BCUT2D eigenvalue weighted by Crippen LogP contribution is -2.34. The van der Waals surface area contributed by atoms with E-state index in [0.29, 0.717) is 47.9 Å². The number of carboxylic acids is 1. The molecule has 0 spiro atoms. The van der Waals surface area contributed by atoms with Crippen LogP contribution in [0.4, 0.5) is 9.18 Å². The Kier molecular flexibility index (Phi) is 8.27. The minimum atomic E-state index is -0.933. The molecule has 1 aliphatic heterocycles. The van der Waals surface area contributed by atoms with Crippen LogP contribution in [0.5, 0.6) is 5.75 Å². The number of hydroxylamine groups is 2. The highest BCUT2D eigenvalue weighted by molar-refractivity contribution is 5.77. The predicted molar refractivity (Wildman–Crippen MR) is 120 cm³/mol. The van der Waals surface area contributed by atoms with E-state index in [1.54, 1.807) is 24.3 Å². The van der Waals surface area contributed by atoms with E-state index >= 15 is 0 Å². The van der Waals surface area contributed by atoms with E-state index in [2.05, 4.69) is 0 Å². The molecule has 178 valence electrons. The lowest BCUT2D eigenvalue weighted by atomic mass is 9.90. The normalized spacial score (nSPS) is 13.5. The Morgan fingerprint density at radius 2 is 1.91 bits per heavy atom. The van der Waals surface area contributed by atoms with Crippen molar-refractivity contribution in [2.75, 3.05) is 19.8 Å². The maximum atomic E-state index is 14.6. The van der Waals surface area contributed by atoms with Crippen LogP contribution in [-0.4, -0.2) is 42.1 Å². The summed E-state index contributed by atoms with van der Waals surface area (Å²) < 4.78 is 25.5. The van der Waals surface area contributed by atoms with Crippen molar-refractivity contribution in [1.82, 2.24) is 5.06 Å². The minimum Gasteiger partial charge on any atom is -0.493 e. The molecule has 0 aliphatic carbocycles. The Labute approximate surface area is 193 Å². The van der Waals surface area contributed by atoms with Gasteiger partial charge in [-0.2, -0.15) is 0 Å². The number of halogens is 1. The summed E-state index contributed by atoms with van der Waals surface area (Å²) in [6.45, 7) is 7.14. The van der Waals surface area contributed by atoms with E-state index in [0.717, 1.165) is 17.5 Å². The van der Waals surface area contributed by atoms with Crippen LogP contribution in [0.2, 0.25) is 0 Å². The monoisotopic (exact) mass is 459 g/mol. The van der Waals surface area contributed by atoms with Crippen LogP contribution >= 0.6 is 0 Å². The first-order valence-electron chi connectivity index (χ1n) is 11.2. The van der Waals surface area contributed by atoms with Crippen molar-refractivity contribution in [3.05, 3.63) is 52.8 Å². The highest BCUT2D eigenvalue weighted by atomic mass is 19.1. The molecule has 0 unspecified atom stereocenters. The molecule has 0 saturated carbocycles. The van der Waals surface area contributed by atoms with Gasteiger partial charge >= 0.3 is 12.1 Å². The minimum absolute atomic E-state index is 0.123. The van der Waals surface area contributed by atoms with Gasteiger partial charge < -0.3 is 19.4 Å². The third kappa shape index (κ3) is 6.44. The second-order valence-electron chi connectivity index (χ2n) is 8.37. The first-order valence-corrected chi connectivity index (χ1v) is 11.2. The Morgan fingerprint density at radius 1 is 1.15 bits per heavy atom. The first kappa shape index (κ1) is 24.5. The van der Waals surface area contributed by atoms with Gasteiger partial charge in [-0.25, -0.2) is 9.18 Å². The molecule has 0 fully saturated rings. The quantitative estimate of drug-likeness (QED) is 0.529. The van der Waals surface area contributed by atoms with Crippen molar-refractivity contribution < 1.29 is 33.4 Å². The number of ether oxygens (including phenoxy) is 2. The van der Waals surface area contributed by atoms with Crippen LogP contribution in [-0.2, 0) is 33.8 Å². The number of hydrogen-bond acceptors (Lipinski definition) is 6. The van der Waals surface area contributed by atoms with E-state index in [9.17, 15) is 14.0 Å². The van der Waals surface area contributed by atoms with Gasteiger partial charge in [0.25, 0.3) is 0 Å². The van der Waals surface area contributed by atoms with Crippen LogP contribution in [0.25, 0.3) is 11.1 Å². The van der Waals surface area contributed by atoms with Gasteiger partial charge in [-0.05, 0) is 60.1 Å². The molecule has 7 nitrogen and oxygen atoms in total. The van der Waals surface area contributed by atoms with Gasteiger partial charge in [0.15, 0.2) is 0 Å². The molecular weight excluding hydrogens is 429 g/mol. The van der Waals surface area contributed by atoms with Gasteiger partial charge in [0.05, 0.1) is 26.2 Å². The van der Waals surface area contributed by atoms with Crippen LogP contribution in [0, 0.1) is 11.7 Å². The Bertz CT molecular complexity index is 1010. The first-order chi connectivity index (χ1) is 15.8. The Balaban J connectivity index is 1.87. The molecule has 2 aromatic carbocycles. The van der Waals surface area contributed by atoms with Gasteiger partial charge in [0.2, 0.25) is 0 Å². The number of fused-ring (bicyclic) bond motifs is 1. The van der Waals surface area contributed by atoms with Crippen LogP contribution in [0.15, 0.2) is 30.3 Å². The summed E-state index contributed by atoms with van der Waals surface area (Å²) >= 11 is 0. The zero-order chi connectivity index (χ0) is 24.0. The third-order valence-corrected chi connectivity index (χ3v) is 5.43. The zero-order valence-electron chi connectivity index (χ0n) is 19.2. The SMILES string of the molecule is CCOc1cc(CC(=O)O)ccc1-c1ccc(F)c2c1CN(OC(=O)OCCC(C)C)CC2. The number of aliphatic carboxylic acids is 1. The van der Waals surface area contributed by atoms with Crippen molar-refractivity contribution in [2.24, 2.45) is 5.92 Å². The Hall–Kier alpha value is -3.13. The molecule has 1 N–H and O–H groups in total. The molecular formula is C25H30FNO6.